The fourth-order valence-electron chi connectivity index (χ4n) is 1.80. The SMILES string of the molecule is C=CCN(CCOC)c1ccccc1C(C)O. The summed E-state index contributed by atoms with van der Waals surface area (Å²) < 4.78 is 5.10. The average molecular weight is 235 g/mol. The van der Waals surface area contributed by atoms with Crippen molar-refractivity contribution in [2.45, 2.75) is 13.0 Å². The van der Waals surface area contributed by atoms with Gasteiger partial charge in [-0.25, -0.2) is 0 Å². The molecule has 1 rings (SSSR count). The summed E-state index contributed by atoms with van der Waals surface area (Å²) in [6, 6.07) is 7.88. The molecule has 0 amide bonds. The molecule has 0 aliphatic carbocycles. The first kappa shape index (κ1) is 13.7. The number of anilines is 1. The Hall–Kier alpha value is -1.32. The Morgan fingerprint density at radius 1 is 1.47 bits per heavy atom. The highest BCUT2D eigenvalue weighted by Gasteiger charge is 2.12. The Morgan fingerprint density at radius 2 is 2.18 bits per heavy atom. The number of para-hydroxylation sites is 1. The Morgan fingerprint density at radius 3 is 2.76 bits per heavy atom. The van der Waals surface area contributed by atoms with Gasteiger partial charge in [-0.2, -0.15) is 0 Å². The molecule has 0 fully saturated rings. The van der Waals surface area contributed by atoms with E-state index in [-0.39, 0.29) is 0 Å². The normalized spacial score (nSPS) is 12.2. The van der Waals surface area contributed by atoms with E-state index in [4.69, 9.17) is 4.74 Å². The third kappa shape index (κ3) is 3.88. The zero-order valence-corrected chi connectivity index (χ0v) is 10.6. The van der Waals surface area contributed by atoms with Crippen LogP contribution in [0, 0.1) is 0 Å². The van der Waals surface area contributed by atoms with Gasteiger partial charge in [0.1, 0.15) is 0 Å². The first-order chi connectivity index (χ1) is 8.20. The molecular weight excluding hydrogens is 214 g/mol. The van der Waals surface area contributed by atoms with E-state index in [2.05, 4.69) is 11.5 Å². The summed E-state index contributed by atoms with van der Waals surface area (Å²) in [5, 5.41) is 9.76. The van der Waals surface area contributed by atoms with Crippen LogP contribution >= 0.6 is 0 Å². The standard InChI is InChI=1S/C14H21NO2/c1-4-9-15(10-11-17-3)14-8-6-5-7-13(14)12(2)16/h4-8,12,16H,1,9-11H2,2-3H3. The molecule has 0 heterocycles. The summed E-state index contributed by atoms with van der Waals surface area (Å²) in [6.07, 6.45) is 1.38. The van der Waals surface area contributed by atoms with Gasteiger partial charge in [-0.05, 0) is 13.0 Å². The lowest BCUT2D eigenvalue weighted by Crippen LogP contribution is -2.28. The maximum absolute atomic E-state index is 9.76. The molecule has 0 bridgehead atoms. The molecule has 1 unspecified atom stereocenters. The fourth-order valence-corrected chi connectivity index (χ4v) is 1.80. The summed E-state index contributed by atoms with van der Waals surface area (Å²) in [6.45, 7) is 7.72. The number of methoxy groups -OCH3 is 1. The molecule has 3 heteroatoms. The van der Waals surface area contributed by atoms with Gasteiger partial charge in [-0.1, -0.05) is 24.3 Å². The fraction of sp³-hybridized carbons (Fsp3) is 0.429. The Bertz CT molecular complexity index is 350. The first-order valence-electron chi connectivity index (χ1n) is 5.82. The van der Waals surface area contributed by atoms with Crippen molar-refractivity contribution in [3.8, 4) is 0 Å². The average Bonchev–Trinajstić information content (AvgIpc) is 2.34. The molecule has 1 atom stereocenters. The number of aliphatic hydroxyl groups excluding tert-OH is 1. The molecule has 0 spiro atoms. The molecule has 3 nitrogen and oxygen atoms in total. The van der Waals surface area contributed by atoms with E-state index in [1.807, 2.05) is 30.3 Å². The Balaban J connectivity index is 2.95. The smallest absolute Gasteiger partial charge is 0.0781 e. The summed E-state index contributed by atoms with van der Waals surface area (Å²) in [7, 11) is 1.69. The lowest BCUT2D eigenvalue weighted by atomic mass is 10.1. The second-order valence-corrected chi connectivity index (χ2v) is 3.96. The van der Waals surface area contributed by atoms with E-state index in [0.29, 0.717) is 6.61 Å². The topological polar surface area (TPSA) is 32.7 Å². The predicted molar refractivity (Wildman–Crippen MR) is 71.4 cm³/mol. The summed E-state index contributed by atoms with van der Waals surface area (Å²) in [5.41, 5.74) is 1.98. The number of nitrogens with zero attached hydrogens (tertiary/aromatic N) is 1. The molecule has 17 heavy (non-hydrogen) atoms. The van der Waals surface area contributed by atoms with Crippen molar-refractivity contribution in [1.82, 2.24) is 0 Å². The molecule has 0 aliphatic rings. The van der Waals surface area contributed by atoms with E-state index in [1.54, 1.807) is 14.0 Å². The minimum Gasteiger partial charge on any atom is -0.389 e. The van der Waals surface area contributed by atoms with Crippen LogP contribution in [0.1, 0.15) is 18.6 Å². The van der Waals surface area contributed by atoms with E-state index in [1.165, 1.54) is 0 Å². The number of aliphatic hydroxyl groups is 1. The molecule has 94 valence electrons. The third-order valence-electron chi connectivity index (χ3n) is 2.64. The van der Waals surface area contributed by atoms with Crippen LogP contribution in [-0.2, 0) is 4.74 Å². The van der Waals surface area contributed by atoms with Crippen LogP contribution in [0.5, 0.6) is 0 Å². The van der Waals surface area contributed by atoms with Gasteiger partial charge in [0, 0.05) is 31.5 Å². The van der Waals surface area contributed by atoms with Crippen molar-refractivity contribution in [2.24, 2.45) is 0 Å². The monoisotopic (exact) mass is 235 g/mol. The summed E-state index contributed by atoms with van der Waals surface area (Å²) >= 11 is 0. The van der Waals surface area contributed by atoms with E-state index in [9.17, 15) is 5.11 Å². The predicted octanol–water partition coefficient (Wildman–Crippen LogP) is 2.38. The number of hydrogen-bond donors (Lipinski definition) is 1. The number of ether oxygens (including phenoxy) is 1. The van der Waals surface area contributed by atoms with Gasteiger partial charge in [0.15, 0.2) is 0 Å². The van der Waals surface area contributed by atoms with Crippen LogP contribution in [-0.4, -0.2) is 31.9 Å². The van der Waals surface area contributed by atoms with Crippen molar-refractivity contribution < 1.29 is 9.84 Å². The van der Waals surface area contributed by atoms with Crippen molar-refractivity contribution in [2.75, 3.05) is 31.7 Å². The zero-order valence-electron chi connectivity index (χ0n) is 10.6. The third-order valence-corrected chi connectivity index (χ3v) is 2.64. The lowest BCUT2D eigenvalue weighted by Gasteiger charge is -2.26. The van der Waals surface area contributed by atoms with Crippen LogP contribution in [0.4, 0.5) is 5.69 Å². The molecule has 1 N–H and O–H groups in total. The van der Waals surface area contributed by atoms with E-state index in [0.717, 1.165) is 24.3 Å². The zero-order chi connectivity index (χ0) is 12.7. The maximum atomic E-state index is 9.76. The van der Waals surface area contributed by atoms with Crippen LogP contribution in [0.3, 0.4) is 0 Å². The van der Waals surface area contributed by atoms with Crippen molar-refractivity contribution in [3.63, 3.8) is 0 Å². The van der Waals surface area contributed by atoms with Crippen LogP contribution in [0.2, 0.25) is 0 Å². The van der Waals surface area contributed by atoms with Crippen LogP contribution in [0.25, 0.3) is 0 Å². The number of rotatable bonds is 7. The van der Waals surface area contributed by atoms with Gasteiger partial charge < -0.3 is 14.7 Å². The Kier molecular flexibility index (Phi) is 5.73. The maximum Gasteiger partial charge on any atom is 0.0781 e. The summed E-state index contributed by atoms with van der Waals surface area (Å²) in [5.74, 6) is 0. The quantitative estimate of drug-likeness (QED) is 0.736. The molecule has 0 aliphatic heterocycles. The molecule has 1 aromatic carbocycles. The highest BCUT2D eigenvalue weighted by atomic mass is 16.5. The Labute approximate surface area is 103 Å². The highest BCUT2D eigenvalue weighted by molar-refractivity contribution is 5.55. The van der Waals surface area contributed by atoms with Gasteiger partial charge in [0.05, 0.1) is 12.7 Å². The van der Waals surface area contributed by atoms with E-state index >= 15 is 0 Å². The second kappa shape index (κ2) is 7.09. The minimum atomic E-state index is -0.471. The van der Waals surface area contributed by atoms with Crippen molar-refractivity contribution >= 4 is 5.69 Å². The first-order valence-corrected chi connectivity index (χ1v) is 5.82. The minimum absolute atomic E-state index is 0.471. The van der Waals surface area contributed by atoms with Gasteiger partial charge in [-0.3, -0.25) is 0 Å². The summed E-state index contributed by atoms with van der Waals surface area (Å²) in [4.78, 5) is 2.15. The van der Waals surface area contributed by atoms with Crippen molar-refractivity contribution in [1.29, 1.82) is 0 Å². The molecular formula is C14H21NO2. The molecule has 1 aromatic rings. The van der Waals surface area contributed by atoms with Crippen molar-refractivity contribution in [3.05, 3.63) is 42.5 Å². The largest absolute Gasteiger partial charge is 0.389 e. The highest BCUT2D eigenvalue weighted by Crippen LogP contribution is 2.25. The van der Waals surface area contributed by atoms with Gasteiger partial charge in [-0.15, -0.1) is 6.58 Å². The van der Waals surface area contributed by atoms with Crippen LogP contribution in [0.15, 0.2) is 36.9 Å². The second-order valence-electron chi connectivity index (χ2n) is 3.96. The van der Waals surface area contributed by atoms with Gasteiger partial charge >= 0.3 is 0 Å². The molecule has 0 aromatic heterocycles. The molecule has 0 saturated heterocycles. The lowest BCUT2D eigenvalue weighted by molar-refractivity contribution is 0.197. The van der Waals surface area contributed by atoms with Gasteiger partial charge in [0.25, 0.3) is 0 Å². The van der Waals surface area contributed by atoms with Gasteiger partial charge in [0.2, 0.25) is 0 Å². The molecule has 0 radical (unpaired) electrons. The molecule has 0 saturated carbocycles. The number of benzene rings is 1. The van der Waals surface area contributed by atoms with E-state index < -0.39 is 6.10 Å². The van der Waals surface area contributed by atoms with Crippen LogP contribution < -0.4 is 4.90 Å². The number of hydrogen-bond acceptors (Lipinski definition) is 3.